The Morgan fingerprint density at radius 1 is 1.10 bits per heavy atom. The molecule has 0 atom stereocenters. The van der Waals surface area contributed by atoms with Crippen LogP contribution in [0.4, 0.5) is 0 Å². The quantitative estimate of drug-likeness (QED) is 0.297. The first-order valence-electron chi connectivity index (χ1n) is 10.5. The lowest BCUT2D eigenvalue weighted by atomic mass is 9.72. The Labute approximate surface area is 177 Å². The molecule has 3 nitrogen and oxygen atoms in total. The molecule has 0 saturated heterocycles. The SMILES string of the molecule is CC(C=CC1=C(C)CCCC1(C)C)=CC=CC(C)=CC(=O)OC(C)(C)C(C)(C)O. The number of carbonyl (C=O) groups is 1. The van der Waals surface area contributed by atoms with Crippen LogP contribution in [0.2, 0.25) is 0 Å². The highest BCUT2D eigenvalue weighted by Gasteiger charge is 2.38. The van der Waals surface area contributed by atoms with Gasteiger partial charge in [0.05, 0.1) is 5.60 Å². The lowest BCUT2D eigenvalue weighted by Gasteiger charge is -2.36. The molecule has 0 amide bonds. The molecule has 1 aliphatic carbocycles. The maximum atomic E-state index is 12.1. The first-order chi connectivity index (χ1) is 13.2. The second kappa shape index (κ2) is 9.75. The van der Waals surface area contributed by atoms with E-state index < -0.39 is 17.2 Å². The molecule has 0 fully saturated rings. The number of hydrogen-bond donors (Lipinski definition) is 1. The van der Waals surface area contributed by atoms with Crippen LogP contribution < -0.4 is 0 Å². The number of ether oxygens (including phenoxy) is 1. The summed E-state index contributed by atoms with van der Waals surface area (Å²) in [5, 5.41) is 10.1. The molecule has 0 aromatic carbocycles. The van der Waals surface area contributed by atoms with Crippen molar-refractivity contribution in [1.82, 2.24) is 0 Å². The summed E-state index contributed by atoms with van der Waals surface area (Å²) < 4.78 is 5.40. The Balaban J connectivity index is 2.76. The molecule has 0 unspecified atom stereocenters. The number of aliphatic hydroxyl groups is 1. The van der Waals surface area contributed by atoms with Gasteiger partial charge in [-0.2, -0.15) is 0 Å². The van der Waals surface area contributed by atoms with Gasteiger partial charge in [0.1, 0.15) is 5.60 Å². The van der Waals surface area contributed by atoms with E-state index in [1.807, 2.05) is 25.2 Å². The van der Waals surface area contributed by atoms with Gasteiger partial charge in [0.2, 0.25) is 0 Å². The summed E-state index contributed by atoms with van der Waals surface area (Å²) in [5.74, 6) is -0.457. The van der Waals surface area contributed by atoms with Crippen LogP contribution in [0.1, 0.15) is 81.6 Å². The summed E-state index contributed by atoms with van der Waals surface area (Å²) >= 11 is 0. The van der Waals surface area contributed by atoms with E-state index in [4.69, 9.17) is 4.74 Å². The maximum Gasteiger partial charge on any atom is 0.331 e. The molecular weight excluding hydrogens is 360 g/mol. The Kier molecular flexibility index (Phi) is 8.47. The fraction of sp³-hybridized carbons (Fsp3) is 0.577. The molecule has 0 heterocycles. The largest absolute Gasteiger partial charge is 0.453 e. The van der Waals surface area contributed by atoms with Crippen molar-refractivity contribution in [3.05, 3.63) is 58.7 Å². The molecule has 0 spiro atoms. The lowest BCUT2D eigenvalue weighted by molar-refractivity contribution is -0.175. The lowest BCUT2D eigenvalue weighted by Crippen LogP contribution is -2.48. The van der Waals surface area contributed by atoms with Crippen LogP contribution >= 0.6 is 0 Å². The molecule has 3 heteroatoms. The fourth-order valence-electron chi connectivity index (χ4n) is 3.27. The molecule has 0 aromatic heterocycles. The van der Waals surface area contributed by atoms with E-state index in [1.54, 1.807) is 27.7 Å². The summed E-state index contributed by atoms with van der Waals surface area (Å²) in [7, 11) is 0. The molecule has 0 bridgehead atoms. The molecule has 1 aliphatic rings. The van der Waals surface area contributed by atoms with Gasteiger partial charge in [0.25, 0.3) is 0 Å². The summed E-state index contributed by atoms with van der Waals surface area (Å²) in [6, 6.07) is 0. The van der Waals surface area contributed by atoms with Crippen LogP contribution in [-0.4, -0.2) is 22.3 Å². The van der Waals surface area contributed by atoms with E-state index in [0.717, 1.165) is 11.1 Å². The van der Waals surface area contributed by atoms with Gasteiger partial charge in [-0.25, -0.2) is 4.79 Å². The van der Waals surface area contributed by atoms with E-state index in [9.17, 15) is 9.90 Å². The Bertz CT molecular complexity index is 747. The molecule has 1 rings (SSSR count). The van der Waals surface area contributed by atoms with Gasteiger partial charge in [0.15, 0.2) is 0 Å². The van der Waals surface area contributed by atoms with Crippen molar-refractivity contribution in [2.75, 3.05) is 0 Å². The third-order valence-corrected chi connectivity index (χ3v) is 5.95. The highest BCUT2D eigenvalue weighted by atomic mass is 16.6. The van der Waals surface area contributed by atoms with Crippen LogP contribution in [0.5, 0.6) is 0 Å². The van der Waals surface area contributed by atoms with Crippen molar-refractivity contribution in [2.24, 2.45) is 5.41 Å². The number of hydrogen-bond acceptors (Lipinski definition) is 3. The van der Waals surface area contributed by atoms with E-state index in [0.29, 0.717) is 0 Å². The van der Waals surface area contributed by atoms with Crippen LogP contribution in [0.25, 0.3) is 0 Å². The van der Waals surface area contributed by atoms with Gasteiger partial charge in [0, 0.05) is 6.08 Å². The maximum absolute atomic E-state index is 12.1. The molecule has 0 saturated carbocycles. The van der Waals surface area contributed by atoms with E-state index in [-0.39, 0.29) is 5.41 Å². The van der Waals surface area contributed by atoms with E-state index >= 15 is 0 Å². The average molecular weight is 401 g/mol. The minimum absolute atomic E-state index is 0.242. The average Bonchev–Trinajstić information content (AvgIpc) is 2.51. The second-order valence-corrected chi connectivity index (χ2v) is 9.91. The number of rotatable bonds is 7. The third-order valence-electron chi connectivity index (χ3n) is 5.95. The summed E-state index contributed by atoms with van der Waals surface area (Å²) in [5.41, 5.74) is 3.05. The van der Waals surface area contributed by atoms with E-state index in [2.05, 4.69) is 39.8 Å². The fourth-order valence-corrected chi connectivity index (χ4v) is 3.27. The molecule has 29 heavy (non-hydrogen) atoms. The van der Waals surface area contributed by atoms with Gasteiger partial charge in [-0.1, -0.05) is 55.4 Å². The minimum atomic E-state index is -1.12. The van der Waals surface area contributed by atoms with Crippen LogP contribution in [0, 0.1) is 5.41 Å². The molecule has 162 valence electrons. The Hall–Kier alpha value is -1.87. The number of carbonyl (C=O) groups excluding carboxylic acids is 1. The van der Waals surface area contributed by atoms with Gasteiger partial charge in [-0.05, 0) is 84.3 Å². The van der Waals surface area contributed by atoms with Crippen molar-refractivity contribution in [1.29, 1.82) is 0 Å². The minimum Gasteiger partial charge on any atom is -0.453 e. The predicted molar refractivity (Wildman–Crippen MR) is 123 cm³/mol. The predicted octanol–water partition coefficient (Wildman–Crippen LogP) is 6.61. The van der Waals surface area contributed by atoms with Crippen LogP contribution in [0.3, 0.4) is 0 Å². The van der Waals surface area contributed by atoms with Crippen LogP contribution in [-0.2, 0) is 9.53 Å². The van der Waals surface area contributed by atoms with Crippen LogP contribution in [0.15, 0.2) is 58.7 Å². The molecule has 1 N–H and O–H groups in total. The summed E-state index contributed by atoms with van der Waals surface area (Å²) in [6.07, 6.45) is 15.4. The number of allylic oxidation sites excluding steroid dienone is 9. The van der Waals surface area contributed by atoms with Crippen molar-refractivity contribution in [3.63, 3.8) is 0 Å². The summed E-state index contributed by atoms with van der Waals surface area (Å²) in [4.78, 5) is 12.1. The molecular formula is C26H40O3. The molecule has 0 radical (unpaired) electrons. The van der Waals surface area contributed by atoms with Crippen molar-refractivity contribution >= 4 is 5.97 Å². The van der Waals surface area contributed by atoms with Gasteiger partial charge in [-0.3, -0.25) is 0 Å². The standard InChI is InChI=1S/C26H40O3/c1-19(15-16-22-21(3)14-11-17-24(22,4)5)12-10-13-20(2)18-23(27)29-26(8,9)25(6,7)28/h10,12-13,15-16,18,28H,11,14,17H2,1-9H3. The number of esters is 1. The van der Waals surface area contributed by atoms with Crippen molar-refractivity contribution in [2.45, 2.75) is 92.8 Å². The zero-order valence-electron chi connectivity index (χ0n) is 19.8. The van der Waals surface area contributed by atoms with Gasteiger partial charge in [-0.15, -0.1) is 0 Å². The first kappa shape index (κ1) is 25.2. The normalized spacial score (nSPS) is 19.4. The smallest absolute Gasteiger partial charge is 0.331 e. The first-order valence-corrected chi connectivity index (χ1v) is 10.5. The van der Waals surface area contributed by atoms with Crippen molar-refractivity contribution < 1.29 is 14.6 Å². The summed E-state index contributed by atoms with van der Waals surface area (Å²) in [6.45, 7) is 17.5. The highest BCUT2D eigenvalue weighted by Crippen LogP contribution is 2.40. The van der Waals surface area contributed by atoms with Gasteiger partial charge < -0.3 is 9.84 Å². The molecule has 0 aromatic rings. The molecule has 0 aliphatic heterocycles. The Morgan fingerprint density at radius 2 is 1.72 bits per heavy atom. The van der Waals surface area contributed by atoms with Gasteiger partial charge >= 0.3 is 5.97 Å². The van der Waals surface area contributed by atoms with E-state index in [1.165, 1.54) is 36.5 Å². The monoisotopic (exact) mass is 400 g/mol. The zero-order chi connectivity index (χ0) is 22.5. The highest BCUT2D eigenvalue weighted by molar-refractivity contribution is 5.83. The zero-order valence-corrected chi connectivity index (χ0v) is 19.8. The topological polar surface area (TPSA) is 46.5 Å². The Morgan fingerprint density at radius 3 is 2.28 bits per heavy atom. The van der Waals surface area contributed by atoms with Crippen molar-refractivity contribution in [3.8, 4) is 0 Å². The third kappa shape index (κ3) is 7.81. The second-order valence-electron chi connectivity index (χ2n) is 9.91.